The predicted octanol–water partition coefficient (Wildman–Crippen LogP) is 0.499. The Balaban J connectivity index is 1.52. The summed E-state index contributed by atoms with van der Waals surface area (Å²) in [7, 11) is 0. The molecular formula is C14H22N4. The SMILES string of the molecule is c1ccc(C2CC(CN3CCNCC3)NN2)cc1. The zero-order valence-electron chi connectivity index (χ0n) is 10.7. The fourth-order valence-corrected chi connectivity index (χ4v) is 2.85. The Hall–Kier alpha value is -0.940. The number of hydrogen-bond acceptors (Lipinski definition) is 4. The van der Waals surface area contributed by atoms with E-state index in [0.29, 0.717) is 12.1 Å². The number of hydrazine groups is 1. The molecular weight excluding hydrogens is 224 g/mol. The molecule has 0 saturated carbocycles. The summed E-state index contributed by atoms with van der Waals surface area (Å²) in [6, 6.07) is 11.7. The molecule has 4 nitrogen and oxygen atoms in total. The van der Waals surface area contributed by atoms with Gasteiger partial charge in [0, 0.05) is 44.8 Å². The molecule has 2 saturated heterocycles. The summed E-state index contributed by atoms with van der Waals surface area (Å²) >= 11 is 0. The van der Waals surface area contributed by atoms with Gasteiger partial charge >= 0.3 is 0 Å². The third kappa shape index (κ3) is 2.90. The average Bonchev–Trinajstić information content (AvgIpc) is 2.89. The molecule has 2 heterocycles. The van der Waals surface area contributed by atoms with Crippen LogP contribution in [0.3, 0.4) is 0 Å². The van der Waals surface area contributed by atoms with E-state index in [1.807, 2.05) is 0 Å². The first-order valence-corrected chi connectivity index (χ1v) is 6.91. The van der Waals surface area contributed by atoms with Crippen molar-refractivity contribution in [1.29, 1.82) is 0 Å². The lowest BCUT2D eigenvalue weighted by Gasteiger charge is -2.29. The quantitative estimate of drug-likeness (QED) is 0.726. The minimum atomic E-state index is 0.458. The summed E-state index contributed by atoms with van der Waals surface area (Å²) < 4.78 is 0. The maximum Gasteiger partial charge on any atom is 0.0478 e. The molecule has 3 N–H and O–H groups in total. The second-order valence-electron chi connectivity index (χ2n) is 5.24. The van der Waals surface area contributed by atoms with Gasteiger partial charge in [0.2, 0.25) is 0 Å². The van der Waals surface area contributed by atoms with E-state index in [1.54, 1.807) is 0 Å². The van der Waals surface area contributed by atoms with Gasteiger partial charge in [0.05, 0.1) is 0 Å². The lowest BCUT2D eigenvalue weighted by Crippen LogP contribution is -2.48. The molecule has 18 heavy (non-hydrogen) atoms. The third-order valence-corrected chi connectivity index (χ3v) is 3.87. The number of nitrogens with zero attached hydrogens (tertiary/aromatic N) is 1. The first kappa shape index (κ1) is 12.1. The minimum absolute atomic E-state index is 0.458. The lowest BCUT2D eigenvalue weighted by atomic mass is 10.0. The minimum Gasteiger partial charge on any atom is -0.314 e. The number of benzene rings is 1. The molecule has 2 aliphatic heterocycles. The number of piperazine rings is 1. The zero-order chi connectivity index (χ0) is 12.2. The summed E-state index contributed by atoms with van der Waals surface area (Å²) in [5.74, 6) is 0. The molecule has 0 aliphatic carbocycles. The molecule has 0 spiro atoms. The summed E-state index contributed by atoms with van der Waals surface area (Å²) in [6.07, 6.45) is 1.17. The highest BCUT2D eigenvalue weighted by atomic mass is 15.4. The van der Waals surface area contributed by atoms with Gasteiger partial charge in [-0.3, -0.25) is 10.3 Å². The Morgan fingerprint density at radius 1 is 1.06 bits per heavy atom. The molecule has 3 rings (SSSR count). The first-order chi connectivity index (χ1) is 8.92. The molecule has 98 valence electrons. The largest absolute Gasteiger partial charge is 0.314 e. The Morgan fingerprint density at radius 3 is 2.61 bits per heavy atom. The Morgan fingerprint density at radius 2 is 1.83 bits per heavy atom. The van der Waals surface area contributed by atoms with Crippen molar-refractivity contribution in [1.82, 2.24) is 21.1 Å². The Bertz CT molecular complexity index is 361. The smallest absolute Gasteiger partial charge is 0.0478 e. The van der Waals surface area contributed by atoms with Gasteiger partial charge < -0.3 is 5.32 Å². The van der Waals surface area contributed by atoms with Crippen molar-refractivity contribution in [3.05, 3.63) is 35.9 Å². The first-order valence-electron chi connectivity index (χ1n) is 6.91. The fourth-order valence-electron chi connectivity index (χ4n) is 2.85. The standard InChI is InChI=1S/C14H22N4/c1-2-4-12(5-3-1)14-10-13(16-17-14)11-18-8-6-15-7-9-18/h1-5,13-17H,6-11H2. The van der Waals surface area contributed by atoms with Crippen LogP contribution >= 0.6 is 0 Å². The van der Waals surface area contributed by atoms with Crippen LogP contribution in [0.1, 0.15) is 18.0 Å². The molecule has 2 atom stereocenters. The summed E-state index contributed by atoms with van der Waals surface area (Å²) in [6.45, 7) is 5.75. The van der Waals surface area contributed by atoms with Crippen LogP contribution in [0.2, 0.25) is 0 Å². The van der Waals surface area contributed by atoms with Crippen molar-refractivity contribution in [3.63, 3.8) is 0 Å². The Labute approximate surface area is 109 Å². The van der Waals surface area contributed by atoms with Crippen LogP contribution in [0.15, 0.2) is 30.3 Å². The van der Waals surface area contributed by atoms with Crippen molar-refractivity contribution >= 4 is 0 Å². The number of nitrogens with one attached hydrogen (secondary N) is 3. The van der Waals surface area contributed by atoms with E-state index in [1.165, 1.54) is 25.1 Å². The van der Waals surface area contributed by atoms with Crippen LogP contribution in [0.25, 0.3) is 0 Å². The van der Waals surface area contributed by atoms with Gasteiger partial charge in [-0.15, -0.1) is 0 Å². The second-order valence-corrected chi connectivity index (χ2v) is 5.24. The second kappa shape index (κ2) is 5.80. The van der Waals surface area contributed by atoms with Gasteiger partial charge in [-0.2, -0.15) is 0 Å². The summed E-state index contributed by atoms with van der Waals surface area (Å²) in [5.41, 5.74) is 8.24. The normalized spacial score (nSPS) is 29.6. The monoisotopic (exact) mass is 246 g/mol. The van der Waals surface area contributed by atoms with Gasteiger partial charge in [-0.1, -0.05) is 30.3 Å². The van der Waals surface area contributed by atoms with Crippen LogP contribution < -0.4 is 16.2 Å². The van der Waals surface area contributed by atoms with Crippen LogP contribution in [0.5, 0.6) is 0 Å². The maximum absolute atomic E-state index is 3.44. The van der Waals surface area contributed by atoms with Gasteiger partial charge in [-0.05, 0) is 12.0 Å². The van der Waals surface area contributed by atoms with E-state index in [-0.39, 0.29) is 0 Å². The van der Waals surface area contributed by atoms with Gasteiger partial charge in [0.15, 0.2) is 0 Å². The van der Waals surface area contributed by atoms with Crippen LogP contribution in [0.4, 0.5) is 0 Å². The van der Waals surface area contributed by atoms with E-state index >= 15 is 0 Å². The molecule has 0 aromatic heterocycles. The topological polar surface area (TPSA) is 39.3 Å². The zero-order valence-corrected chi connectivity index (χ0v) is 10.7. The molecule has 1 aromatic carbocycles. The molecule has 2 unspecified atom stereocenters. The van der Waals surface area contributed by atoms with Crippen LogP contribution in [-0.4, -0.2) is 43.7 Å². The molecule has 0 bridgehead atoms. The van der Waals surface area contributed by atoms with Crippen molar-refractivity contribution in [2.24, 2.45) is 0 Å². The highest BCUT2D eigenvalue weighted by molar-refractivity contribution is 5.19. The van der Waals surface area contributed by atoms with E-state index in [9.17, 15) is 0 Å². The highest BCUT2D eigenvalue weighted by Crippen LogP contribution is 2.22. The summed E-state index contributed by atoms with van der Waals surface area (Å²) in [5, 5.41) is 3.40. The summed E-state index contributed by atoms with van der Waals surface area (Å²) in [4.78, 5) is 2.54. The van der Waals surface area contributed by atoms with E-state index < -0.39 is 0 Å². The molecule has 2 aliphatic rings. The molecule has 4 heteroatoms. The van der Waals surface area contributed by atoms with Crippen LogP contribution in [0, 0.1) is 0 Å². The van der Waals surface area contributed by atoms with E-state index in [4.69, 9.17) is 0 Å². The Kier molecular flexibility index (Phi) is 3.90. The van der Waals surface area contributed by atoms with Gasteiger partial charge in [-0.25, -0.2) is 5.43 Å². The fraction of sp³-hybridized carbons (Fsp3) is 0.571. The van der Waals surface area contributed by atoms with Crippen LogP contribution in [-0.2, 0) is 0 Å². The average molecular weight is 246 g/mol. The molecule has 0 amide bonds. The molecule has 0 radical (unpaired) electrons. The van der Waals surface area contributed by atoms with Crippen molar-refractivity contribution in [2.75, 3.05) is 32.7 Å². The van der Waals surface area contributed by atoms with Gasteiger partial charge in [0.1, 0.15) is 0 Å². The molecule has 1 aromatic rings. The van der Waals surface area contributed by atoms with Crippen molar-refractivity contribution in [2.45, 2.75) is 18.5 Å². The lowest BCUT2D eigenvalue weighted by molar-refractivity contribution is 0.219. The molecule has 2 fully saturated rings. The third-order valence-electron chi connectivity index (χ3n) is 3.87. The van der Waals surface area contributed by atoms with E-state index in [2.05, 4.69) is 51.4 Å². The predicted molar refractivity (Wildman–Crippen MR) is 73.2 cm³/mol. The number of rotatable bonds is 3. The van der Waals surface area contributed by atoms with E-state index in [0.717, 1.165) is 19.6 Å². The van der Waals surface area contributed by atoms with Gasteiger partial charge in [0.25, 0.3) is 0 Å². The maximum atomic E-state index is 3.44. The van der Waals surface area contributed by atoms with Crippen molar-refractivity contribution < 1.29 is 0 Å². The number of hydrogen-bond donors (Lipinski definition) is 3. The highest BCUT2D eigenvalue weighted by Gasteiger charge is 2.26. The van der Waals surface area contributed by atoms with Crippen molar-refractivity contribution in [3.8, 4) is 0 Å².